The number of Topliss-reactive ketones (excluding diaryl/α,β-unsaturated/α-hetero) is 1. The lowest BCUT2D eigenvalue weighted by Gasteiger charge is -2.07. The lowest BCUT2D eigenvalue weighted by atomic mass is 10.1. The van der Waals surface area contributed by atoms with Gasteiger partial charge in [-0.2, -0.15) is 0 Å². The van der Waals surface area contributed by atoms with Crippen LogP contribution in [0.4, 0.5) is 0 Å². The Morgan fingerprint density at radius 1 is 1.09 bits per heavy atom. The Labute approximate surface area is 130 Å². The molecule has 1 aromatic carbocycles. The molecule has 0 saturated heterocycles. The van der Waals surface area contributed by atoms with Crippen molar-refractivity contribution < 1.29 is 4.79 Å². The molecule has 0 aliphatic heterocycles. The predicted octanol–water partition coefficient (Wildman–Crippen LogP) is 0.453. The zero-order chi connectivity index (χ0) is 16.6. The van der Waals surface area contributed by atoms with Crippen LogP contribution in [0.2, 0.25) is 0 Å². The highest BCUT2D eigenvalue weighted by atomic mass is 16.2. The van der Waals surface area contributed by atoms with Crippen molar-refractivity contribution in [3.05, 3.63) is 68.6 Å². The Morgan fingerprint density at radius 2 is 1.78 bits per heavy atom. The van der Waals surface area contributed by atoms with Crippen LogP contribution in [0.15, 0.2) is 46.1 Å². The summed E-state index contributed by atoms with van der Waals surface area (Å²) in [4.78, 5) is 44.6. The molecular weight excluding hydrogens is 296 g/mol. The molecule has 7 nitrogen and oxygen atoms in total. The summed E-state index contributed by atoms with van der Waals surface area (Å²) in [5, 5.41) is 0. The van der Waals surface area contributed by atoms with Gasteiger partial charge in [-0.25, -0.2) is 14.8 Å². The molecule has 0 N–H and O–H groups in total. The number of hydrogen-bond acceptors (Lipinski definition) is 5. The maximum atomic E-state index is 12.2. The largest absolute Gasteiger partial charge is 0.332 e. The van der Waals surface area contributed by atoms with Gasteiger partial charge in [0.15, 0.2) is 16.9 Å². The standard InChI is InChI=1S/C16H14N4O3/c1-19-14-13(15(22)20(2)16(19)23)18-11(9-17-14)8-12(21)10-6-4-3-5-7-10/h3-7,9H,8H2,1-2H3. The van der Waals surface area contributed by atoms with Gasteiger partial charge >= 0.3 is 5.69 Å². The number of fused-ring (bicyclic) bond motifs is 1. The molecule has 2 heterocycles. The highest BCUT2D eigenvalue weighted by Crippen LogP contribution is 2.07. The molecule has 0 unspecified atom stereocenters. The molecule has 0 fully saturated rings. The summed E-state index contributed by atoms with van der Waals surface area (Å²) in [6, 6.07) is 8.84. The van der Waals surface area contributed by atoms with E-state index in [0.717, 1.165) is 4.57 Å². The molecule has 116 valence electrons. The number of aryl methyl sites for hydroxylation is 1. The Hall–Kier alpha value is -3.09. The van der Waals surface area contributed by atoms with Crippen molar-refractivity contribution in [1.29, 1.82) is 0 Å². The van der Waals surface area contributed by atoms with Crippen LogP contribution in [0.25, 0.3) is 11.2 Å². The van der Waals surface area contributed by atoms with Crippen LogP contribution >= 0.6 is 0 Å². The summed E-state index contributed by atoms with van der Waals surface area (Å²) in [6.45, 7) is 0. The molecule has 0 bridgehead atoms. The Bertz CT molecular complexity index is 1020. The smallest absolute Gasteiger partial charge is 0.294 e. The molecule has 3 rings (SSSR count). The van der Waals surface area contributed by atoms with Crippen molar-refractivity contribution in [3.63, 3.8) is 0 Å². The SMILES string of the molecule is Cn1c(=O)c2nc(CC(=O)c3ccccc3)cnc2n(C)c1=O. The summed E-state index contributed by atoms with van der Waals surface area (Å²) in [5.74, 6) is -0.110. The molecule has 0 aliphatic rings. The fraction of sp³-hybridized carbons (Fsp3) is 0.188. The first-order valence-corrected chi connectivity index (χ1v) is 6.99. The van der Waals surface area contributed by atoms with Crippen LogP contribution in [-0.2, 0) is 20.5 Å². The van der Waals surface area contributed by atoms with E-state index >= 15 is 0 Å². The van der Waals surface area contributed by atoms with Gasteiger partial charge in [-0.3, -0.25) is 18.7 Å². The van der Waals surface area contributed by atoms with Gasteiger partial charge < -0.3 is 0 Å². The minimum Gasteiger partial charge on any atom is -0.294 e. The van der Waals surface area contributed by atoms with Crippen LogP contribution in [-0.4, -0.2) is 24.9 Å². The number of rotatable bonds is 3. The van der Waals surface area contributed by atoms with Gasteiger partial charge in [0.2, 0.25) is 0 Å². The molecule has 2 aromatic heterocycles. The third-order valence-corrected chi connectivity index (χ3v) is 3.64. The van der Waals surface area contributed by atoms with E-state index in [1.807, 2.05) is 6.07 Å². The van der Waals surface area contributed by atoms with Crippen LogP contribution in [0.1, 0.15) is 16.1 Å². The van der Waals surface area contributed by atoms with Crippen molar-refractivity contribution in [3.8, 4) is 0 Å². The molecular formula is C16H14N4O3. The topological polar surface area (TPSA) is 86.8 Å². The second-order valence-corrected chi connectivity index (χ2v) is 5.21. The second kappa shape index (κ2) is 5.60. The van der Waals surface area contributed by atoms with E-state index in [-0.39, 0.29) is 23.4 Å². The molecule has 0 radical (unpaired) electrons. The van der Waals surface area contributed by atoms with Crippen molar-refractivity contribution in [2.24, 2.45) is 14.1 Å². The quantitative estimate of drug-likeness (QED) is 0.656. The molecule has 23 heavy (non-hydrogen) atoms. The average molecular weight is 310 g/mol. The summed E-state index contributed by atoms with van der Waals surface area (Å²) >= 11 is 0. The van der Waals surface area contributed by atoms with Gasteiger partial charge in [0, 0.05) is 19.7 Å². The Balaban J connectivity index is 2.06. The maximum Gasteiger partial charge on any atom is 0.332 e. The first-order valence-electron chi connectivity index (χ1n) is 6.99. The Morgan fingerprint density at radius 3 is 2.48 bits per heavy atom. The number of ketones is 1. The highest BCUT2D eigenvalue weighted by Gasteiger charge is 2.14. The van der Waals surface area contributed by atoms with E-state index in [4.69, 9.17) is 0 Å². The molecule has 7 heteroatoms. The molecule has 0 amide bonds. The summed E-state index contributed by atoms with van der Waals surface area (Å²) in [6.07, 6.45) is 1.46. The molecule has 0 spiro atoms. The van der Waals surface area contributed by atoms with Crippen LogP contribution in [0.3, 0.4) is 0 Å². The zero-order valence-electron chi connectivity index (χ0n) is 12.7. The first kappa shape index (κ1) is 14.8. The monoisotopic (exact) mass is 310 g/mol. The fourth-order valence-corrected chi connectivity index (χ4v) is 2.35. The zero-order valence-corrected chi connectivity index (χ0v) is 12.7. The summed E-state index contributed by atoms with van der Waals surface area (Å²) in [5.41, 5.74) is 0.251. The highest BCUT2D eigenvalue weighted by molar-refractivity contribution is 5.97. The Kier molecular flexibility index (Phi) is 3.61. The van der Waals surface area contributed by atoms with Crippen LogP contribution < -0.4 is 11.2 Å². The number of aromatic nitrogens is 4. The van der Waals surface area contributed by atoms with Gasteiger partial charge in [0.1, 0.15) is 0 Å². The summed E-state index contributed by atoms with van der Waals surface area (Å²) in [7, 11) is 2.90. The van der Waals surface area contributed by atoms with E-state index < -0.39 is 11.2 Å². The first-order chi connectivity index (χ1) is 11.0. The van der Waals surface area contributed by atoms with E-state index in [1.54, 1.807) is 24.3 Å². The van der Waals surface area contributed by atoms with E-state index in [9.17, 15) is 14.4 Å². The van der Waals surface area contributed by atoms with Crippen molar-refractivity contribution in [2.45, 2.75) is 6.42 Å². The van der Waals surface area contributed by atoms with E-state index in [1.165, 1.54) is 24.9 Å². The van der Waals surface area contributed by atoms with Gasteiger partial charge in [0.25, 0.3) is 5.56 Å². The average Bonchev–Trinajstić information content (AvgIpc) is 2.58. The molecule has 3 aromatic rings. The van der Waals surface area contributed by atoms with Crippen molar-refractivity contribution >= 4 is 16.9 Å². The summed E-state index contributed by atoms with van der Waals surface area (Å²) < 4.78 is 2.23. The lowest BCUT2D eigenvalue weighted by molar-refractivity contribution is 0.0992. The maximum absolute atomic E-state index is 12.2. The van der Waals surface area contributed by atoms with E-state index in [0.29, 0.717) is 11.3 Å². The van der Waals surface area contributed by atoms with Crippen molar-refractivity contribution in [2.75, 3.05) is 0 Å². The normalized spacial score (nSPS) is 10.9. The van der Waals surface area contributed by atoms with Gasteiger partial charge in [-0.1, -0.05) is 30.3 Å². The van der Waals surface area contributed by atoms with Gasteiger partial charge in [0.05, 0.1) is 18.3 Å². The number of hydrogen-bond donors (Lipinski definition) is 0. The third-order valence-electron chi connectivity index (χ3n) is 3.64. The fourth-order valence-electron chi connectivity index (χ4n) is 2.35. The van der Waals surface area contributed by atoms with Crippen LogP contribution in [0, 0.1) is 0 Å². The number of carbonyl (C=O) groups excluding carboxylic acids is 1. The van der Waals surface area contributed by atoms with Crippen LogP contribution in [0.5, 0.6) is 0 Å². The van der Waals surface area contributed by atoms with Gasteiger partial charge in [-0.15, -0.1) is 0 Å². The van der Waals surface area contributed by atoms with Crippen molar-refractivity contribution in [1.82, 2.24) is 19.1 Å². The molecule has 0 aliphatic carbocycles. The number of benzene rings is 1. The van der Waals surface area contributed by atoms with Gasteiger partial charge in [-0.05, 0) is 0 Å². The lowest BCUT2D eigenvalue weighted by Crippen LogP contribution is -2.37. The predicted molar refractivity (Wildman–Crippen MR) is 84.5 cm³/mol. The minimum atomic E-state index is -0.524. The molecule has 0 atom stereocenters. The number of nitrogens with zero attached hydrogens (tertiary/aromatic N) is 4. The third kappa shape index (κ3) is 2.57. The van der Waals surface area contributed by atoms with E-state index in [2.05, 4.69) is 9.97 Å². The molecule has 0 saturated carbocycles. The second-order valence-electron chi connectivity index (χ2n) is 5.21. The minimum absolute atomic E-state index is 0.0406. The number of carbonyl (C=O) groups is 1.